The third-order valence-electron chi connectivity index (χ3n) is 2.97. The normalized spacial score (nSPS) is 19.2. The number of nitrogens with one attached hydrogen (secondary N) is 2. The zero-order valence-electron chi connectivity index (χ0n) is 10.3. The molecule has 0 saturated carbocycles. The molecule has 5 nitrogen and oxygen atoms in total. The molecule has 0 aromatic heterocycles. The summed E-state index contributed by atoms with van der Waals surface area (Å²) < 4.78 is 5.36. The number of urea groups is 1. The highest BCUT2D eigenvalue weighted by atomic mass is 16.5. The van der Waals surface area contributed by atoms with Gasteiger partial charge in [-0.05, 0) is 43.0 Å². The van der Waals surface area contributed by atoms with Crippen molar-refractivity contribution in [3.8, 4) is 0 Å². The number of carbonyl (C=O) groups is 1. The van der Waals surface area contributed by atoms with E-state index in [1.165, 1.54) is 0 Å². The van der Waals surface area contributed by atoms with Crippen LogP contribution in [-0.2, 0) is 4.74 Å². The van der Waals surface area contributed by atoms with Gasteiger partial charge in [0.2, 0.25) is 0 Å². The van der Waals surface area contributed by atoms with Crippen molar-refractivity contribution in [2.75, 3.05) is 30.8 Å². The topological polar surface area (TPSA) is 76.4 Å². The van der Waals surface area contributed by atoms with Gasteiger partial charge in [0, 0.05) is 24.5 Å². The summed E-state index contributed by atoms with van der Waals surface area (Å²) in [6.45, 7) is 2.23. The molecular formula is C13H19N3O2. The van der Waals surface area contributed by atoms with Crippen LogP contribution in [-0.4, -0.2) is 25.8 Å². The molecule has 1 fully saturated rings. The summed E-state index contributed by atoms with van der Waals surface area (Å²) in [7, 11) is 0. The molecule has 5 heteroatoms. The Kier molecular flexibility index (Phi) is 4.41. The minimum atomic E-state index is -0.189. The van der Waals surface area contributed by atoms with E-state index in [0.29, 0.717) is 18.2 Å². The van der Waals surface area contributed by atoms with Gasteiger partial charge in [-0.3, -0.25) is 0 Å². The Morgan fingerprint density at radius 2 is 2.17 bits per heavy atom. The van der Waals surface area contributed by atoms with Crippen molar-refractivity contribution < 1.29 is 9.53 Å². The maximum absolute atomic E-state index is 11.6. The molecular weight excluding hydrogens is 230 g/mol. The van der Waals surface area contributed by atoms with Crippen LogP contribution in [0.5, 0.6) is 0 Å². The van der Waals surface area contributed by atoms with Crippen LogP contribution in [0, 0.1) is 5.92 Å². The highest BCUT2D eigenvalue weighted by Gasteiger charge is 2.14. The van der Waals surface area contributed by atoms with Crippen LogP contribution in [0.1, 0.15) is 12.8 Å². The molecule has 0 bridgehead atoms. The lowest BCUT2D eigenvalue weighted by Gasteiger charge is -2.22. The first kappa shape index (κ1) is 12.7. The maximum Gasteiger partial charge on any atom is 0.319 e. The Morgan fingerprint density at radius 3 is 2.83 bits per heavy atom. The number of rotatable bonds is 3. The molecule has 0 radical (unpaired) electrons. The van der Waals surface area contributed by atoms with Crippen LogP contribution < -0.4 is 16.4 Å². The van der Waals surface area contributed by atoms with Crippen molar-refractivity contribution in [1.29, 1.82) is 0 Å². The summed E-state index contributed by atoms with van der Waals surface area (Å²) >= 11 is 0. The molecule has 18 heavy (non-hydrogen) atoms. The van der Waals surface area contributed by atoms with Gasteiger partial charge in [0.05, 0.1) is 6.61 Å². The highest BCUT2D eigenvalue weighted by Crippen LogP contribution is 2.13. The standard InChI is InChI=1S/C13H19N3O2/c14-11-3-5-12(6-4-11)16-13(17)15-8-10-2-1-7-18-9-10/h3-6,10H,1-2,7-9,14H2,(H2,15,16,17). The molecule has 1 atom stereocenters. The van der Waals surface area contributed by atoms with E-state index in [2.05, 4.69) is 10.6 Å². The molecule has 4 N–H and O–H groups in total. The zero-order valence-corrected chi connectivity index (χ0v) is 10.3. The van der Waals surface area contributed by atoms with E-state index in [-0.39, 0.29) is 6.03 Å². The van der Waals surface area contributed by atoms with Crippen molar-refractivity contribution in [2.24, 2.45) is 5.92 Å². The van der Waals surface area contributed by atoms with E-state index in [9.17, 15) is 4.79 Å². The lowest BCUT2D eigenvalue weighted by molar-refractivity contribution is 0.0559. The third kappa shape index (κ3) is 3.92. The Bertz CT molecular complexity index is 386. The van der Waals surface area contributed by atoms with Gasteiger partial charge in [0.15, 0.2) is 0 Å². The summed E-state index contributed by atoms with van der Waals surface area (Å²) in [5, 5.41) is 5.62. The van der Waals surface area contributed by atoms with Crippen molar-refractivity contribution in [3.05, 3.63) is 24.3 Å². The van der Waals surface area contributed by atoms with Crippen molar-refractivity contribution in [2.45, 2.75) is 12.8 Å². The lowest BCUT2D eigenvalue weighted by Crippen LogP contribution is -2.35. The van der Waals surface area contributed by atoms with E-state index in [1.54, 1.807) is 24.3 Å². The molecule has 1 saturated heterocycles. The molecule has 1 aliphatic rings. The van der Waals surface area contributed by atoms with Gasteiger partial charge in [-0.1, -0.05) is 0 Å². The SMILES string of the molecule is Nc1ccc(NC(=O)NCC2CCCOC2)cc1. The van der Waals surface area contributed by atoms with E-state index >= 15 is 0 Å². The number of hydrogen-bond acceptors (Lipinski definition) is 3. The number of carbonyl (C=O) groups excluding carboxylic acids is 1. The quantitative estimate of drug-likeness (QED) is 0.715. The van der Waals surface area contributed by atoms with Gasteiger partial charge in [0.1, 0.15) is 0 Å². The van der Waals surface area contributed by atoms with Crippen LogP contribution in [0.3, 0.4) is 0 Å². The minimum absolute atomic E-state index is 0.189. The largest absolute Gasteiger partial charge is 0.399 e. The van der Waals surface area contributed by atoms with E-state index in [0.717, 1.165) is 31.7 Å². The van der Waals surface area contributed by atoms with Crippen LogP contribution in [0.15, 0.2) is 24.3 Å². The number of amides is 2. The molecule has 1 unspecified atom stereocenters. The number of ether oxygens (including phenoxy) is 1. The highest BCUT2D eigenvalue weighted by molar-refractivity contribution is 5.89. The number of nitrogen functional groups attached to an aromatic ring is 1. The second kappa shape index (κ2) is 6.26. The summed E-state index contributed by atoms with van der Waals surface area (Å²) in [6, 6.07) is 6.87. The van der Waals surface area contributed by atoms with Crippen LogP contribution >= 0.6 is 0 Å². The van der Waals surface area contributed by atoms with Crippen LogP contribution in [0.4, 0.5) is 16.2 Å². The predicted octanol–water partition coefficient (Wildman–Crippen LogP) is 1.82. The second-order valence-electron chi connectivity index (χ2n) is 4.54. The first-order valence-electron chi connectivity index (χ1n) is 6.22. The molecule has 1 aromatic carbocycles. The zero-order chi connectivity index (χ0) is 12.8. The summed E-state index contributed by atoms with van der Waals surface area (Å²) in [4.78, 5) is 11.6. The fourth-order valence-corrected chi connectivity index (χ4v) is 1.95. The smallest absolute Gasteiger partial charge is 0.319 e. The average Bonchev–Trinajstić information content (AvgIpc) is 2.40. The van der Waals surface area contributed by atoms with Gasteiger partial charge >= 0.3 is 6.03 Å². The van der Waals surface area contributed by atoms with E-state index in [1.807, 2.05) is 0 Å². The molecule has 0 spiro atoms. The second-order valence-corrected chi connectivity index (χ2v) is 4.54. The number of hydrogen-bond donors (Lipinski definition) is 3. The van der Waals surface area contributed by atoms with Crippen LogP contribution in [0.25, 0.3) is 0 Å². The molecule has 2 amide bonds. The first-order valence-corrected chi connectivity index (χ1v) is 6.22. The fraction of sp³-hybridized carbons (Fsp3) is 0.462. The van der Waals surface area contributed by atoms with Gasteiger partial charge in [-0.15, -0.1) is 0 Å². The number of benzene rings is 1. The monoisotopic (exact) mass is 249 g/mol. The molecule has 98 valence electrons. The third-order valence-corrected chi connectivity index (χ3v) is 2.97. The number of nitrogens with two attached hydrogens (primary N) is 1. The van der Waals surface area contributed by atoms with Crippen molar-refractivity contribution in [3.63, 3.8) is 0 Å². The van der Waals surface area contributed by atoms with Gasteiger partial charge < -0.3 is 21.1 Å². The van der Waals surface area contributed by atoms with E-state index < -0.39 is 0 Å². The molecule has 1 aromatic rings. The van der Waals surface area contributed by atoms with Gasteiger partial charge in [-0.25, -0.2) is 4.79 Å². The Balaban J connectivity index is 1.73. The Morgan fingerprint density at radius 1 is 1.39 bits per heavy atom. The molecule has 0 aliphatic carbocycles. The maximum atomic E-state index is 11.6. The summed E-state index contributed by atoms with van der Waals surface area (Å²) in [5.74, 6) is 0.427. The lowest BCUT2D eigenvalue weighted by atomic mass is 10.0. The number of anilines is 2. The van der Waals surface area contributed by atoms with Crippen LogP contribution in [0.2, 0.25) is 0 Å². The Hall–Kier alpha value is -1.75. The fourth-order valence-electron chi connectivity index (χ4n) is 1.95. The predicted molar refractivity (Wildman–Crippen MR) is 71.4 cm³/mol. The van der Waals surface area contributed by atoms with E-state index in [4.69, 9.17) is 10.5 Å². The molecule has 2 rings (SSSR count). The minimum Gasteiger partial charge on any atom is -0.399 e. The van der Waals surface area contributed by atoms with Crippen molar-refractivity contribution >= 4 is 17.4 Å². The van der Waals surface area contributed by atoms with Gasteiger partial charge in [0.25, 0.3) is 0 Å². The summed E-state index contributed by atoms with van der Waals surface area (Å²) in [5.41, 5.74) is 6.99. The molecule has 1 heterocycles. The average molecular weight is 249 g/mol. The summed E-state index contributed by atoms with van der Waals surface area (Å²) in [6.07, 6.45) is 2.19. The molecule has 1 aliphatic heterocycles. The van der Waals surface area contributed by atoms with Crippen molar-refractivity contribution in [1.82, 2.24) is 5.32 Å². The Labute approximate surface area is 107 Å². The first-order chi connectivity index (χ1) is 8.74. The van der Waals surface area contributed by atoms with Gasteiger partial charge in [-0.2, -0.15) is 0 Å².